The zero-order valence-corrected chi connectivity index (χ0v) is 11.9. The van der Waals surface area contributed by atoms with Crippen molar-refractivity contribution in [3.63, 3.8) is 0 Å². The van der Waals surface area contributed by atoms with Crippen molar-refractivity contribution in [2.45, 2.75) is 25.8 Å². The number of nitrogens with zero attached hydrogens (tertiary/aromatic N) is 1. The zero-order valence-electron chi connectivity index (χ0n) is 11.9. The van der Waals surface area contributed by atoms with Crippen LogP contribution in [0.1, 0.15) is 24.0 Å². The van der Waals surface area contributed by atoms with Gasteiger partial charge in [0.2, 0.25) is 5.91 Å². The number of rotatable bonds is 2. The number of carbonyl (C=O) groups excluding carboxylic acids is 1. The Morgan fingerprint density at radius 3 is 2.43 bits per heavy atom. The second kappa shape index (κ2) is 5.72. The van der Waals surface area contributed by atoms with Gasteiger partial charge in [0.05, 0.1) is 11.8 Å². The van der Waals surface area contributed by atoms with Gasteiger partial charge in [-0.15, -0.1) is 0 Å². The molecule has 1 aliphatic carbocycles. The van der Waals surface area contributed by atoms with Gasteiger partial charge in [0.25, 0.3) is 0 Å². The third-order valence-electron chi connectivity index (χ3n) is 4.51. The van der Waals surface area contributed by atoms with Gasteiger partial charge in [-0.2, -0.15) is 0 Å². The van der Waals surface area contributed by atoms with Gasteiger partial charge in [-0.25, -0.2) is 0 Å². The molecule has 0 saturated heterocycles. The summed E-state index contributed by atoms with van der Waals surface area (Å²) in [5.74, 6) is -1.88. The van der Waals surface area contributed by atoms with Crippen LogP contribution in [0.2, 0.25) is 0 Å². The molecular formula is C17H19NO3. The number of benzene rings is 1. The largest absolute Gasteiger partial charge is 0.481 e. The minimum absolute atomic E-state index is 0.0127. The molecule has 1 aromatic rings. The fraction of sp³-hybridized carbons (Fsp3) is 0.412. The number of hydrogen-bond acceptors (Lipinski definition) is 2. The Labute approximate surface area is 124 Å². The van der Waals surface area contributed by atoms with Crippen molar-refractivity contribution in [2.24, 2.45) is 11.8 Å². The number of carboxylic acid groups (broad SMARTS) is 1. The van der Waals surface area contributed by atoms with Crippen LogP contribution in [0.15, 0.2) is 36.4 Å². The molecule has 0 saturated carbocycles. The second-order valence-corrected chi connectivity index (χ2v) is 5.77. The van der Waals surface area contributed by atoms with Crippen molar-refractivity contribution < 1.29 is 14.7 Å². The summed E-state index contributed by atoms with van der Waals surface area (Å²) in [5.41, 5.74) is 2.47. The van der Waals surface area contributed by atoms with E-state index in [0.717, 1.165) is 6.42 Å². The van der Waals surface area contributed by atoms with Crippen LogP contribution in [0.4, 0.5) is 0 Å². The van der Waals surface area contributed by atoms with E-state index in [4.69, 9.17) is 0 Å². The number of amides is 1. The highest BCUT2D eigenvalue weighted by Gasteiger charge is 2.37. The van der Waals surface area contributed by atoms with Crippen LogP contribution in [-0.4, -0.2) is 28.4 Å². The van der Waals surface area contributed by atoms with Crippen molar-refractivity contribution >= 4 is 11.9 Å². The number of aliphatic carboxylic acids is 1. The summed E-state index contributed by atoms with van der Waals surface area (Å²) in [4.78, 5) is 25.9. The van der Waals surface area contributed by atoms with Gasteiger partial charge in [-0.3, -0.25) is 9.59 Å². The fourth-order valence-corrected chi connectivity index (χ4v) is 3.28. The van der Waals surface area contributed by atoms with Crippen LogP contribution >= 0.6 is 0 Å². The van der Waals surface area contributed by atoms with E-state index in [9.17, 15) is 14.7 Å². The molecule has 1 heterocycles. The summed E-state index contributed by atoms with van der Waals surface area (Å²) in [7, 11) is 0. The Morgan fingerprint density at radius 1 is 1.05 bits per heavy atom. The molecule has 0 aromatic heterocycles. The minimum atomic E-state index is -0.866. The highest BCUT2D eigenvalue weighted by Crippen LogP contribution is 2.29. The van der Waals surface area contributed by atoms with E-state index in [-0.39, 0.29) is 5.91 Å². The SMILES string of the molecule is O=C(O)[C@H]1CC=CC[C@@H]1C(=O)N1CCc2ccccc2C1. The van der Waals surface area contributed by atoms with Gasteiger partial charge in [0, 0.05) is 13.1 Å². The molecule has 2 atom stereocenters. The Bertz CT molecular complexity index is 593. The molecule has 4 heteroatoms. The number of allylic oxidation sites excluding steroid dienone is 2. The van der Waals surface area contributed by atoms with Crippen LogP contribution in [-0.2, 0) is 22.6 Å². The molecule has 0 unspecified atom stereocenters. The quantitative estimate of drug-likeness (QED) is 0.848. The predicted molar refractivity (Wildman–Crippen MR) is 78.6 cm³/mol. The first kappa shape index (κ1) is 13.9. The minimum Gasteiger partial charge on any atom is -0.481 e. The topological polar surface area (TPSA) is 57.6 Å². The Morgan fingerprint density at radius 2 is 1.71 bits per heavy atom. The number of carboxylic acids is 1. The van der Waals surface area contributed by atoms with Crippen LogP contribution in [0.3, 0.4) is 0 Å². The molecular weight excluding hydrogens is 266 g/mol. The van der Waals surface area contributed by atoms with Crippen molar-refractivity contribution in [1.29, 1.82) is 0 Å². The highest BCUT2D eigenvalue weighted by molar-refractivity contribution is 5.85. The van der Waals surface area contributed by atoms with Gasteiger partial charge in [-0.1, -0.05) is 36.4 Å². The first-order chi connectivity index (χ1) is 10.2. The summed E-state index contributed by atoms with van der Waals surface area (Å²) in [6.45, 7) is 1.28. The molecule has 1 N–H and O–H groups in total. The number of carbonyl (C=O) groups is 2. The average molecular weight is 285 g/mol. The van der Waals surface area contributed by atoms with Gasteiger partial charge < -0.3 is 10.0 Å². The van der Waals surface area contributed by atoms with Crippen LogP contribution in [0, 0.1) is 11.8 Å². The maximum atomic E-state index is 12.7. The Hall–Kier alpha value is -2.10. The monoisotopic (exact) mass is 285 g/mol. The van der Waals surface area contributed by atoms with Crippen LogP contribution < -0.4 is 0 Å². The second-order valence-electron chi connectivity index (χ2n) is 5.77. The standard InChI is InChI=1S/C17H19NO3/c19-16(14-7-3-4-8-15(14)17(20)21)18-10-9-12-5-1-2-6-13(12)11-18/h1-6,14-15H,7-11H2,(H,20,21)/t14-,15-/m0/s1. The molecule has 0 spiro atoms. The summed E-state index contributed by atoms with van der Waals surface area (Å²) in [6, 6.07) is 8.14. The molecule has 21 heavy (non-hydrogen) atoms. The Balaban J connectivity index is 1.77. The molecule has 1 amide bonds. The zero-order chi connectivity index (χ0) is 14.8. The normalized spacial score (nSPS) is 24.5. The lowest BCUT2D eigenvalue weighted by atomic mass is 9.81. The molecule has 3 rings (SSSR count). The third-order valence-corrected chi connectivity index (χ3v) is 4.51. The first-order valence-corrected chi connectivity index (χ1v) is 7.40. The summed E-state index contributed by atoms with van der Waals surface area (Å²) in [5, 5.41) is 9.31. The van der Waals surface area contributed by atoms with Crippen LogP contribution in [0.5, 0.6) is 0 Å². The highest BCUT2D eigenvalue weighted by atomic mass is 16.4. The maximum Gasteiger partial charge on any atom is 0.307 e. The van der Waals surface area contributed by atoms with Crippen molar-refractivity contribution in [2.75, 3.05) is 6.54 Å². The van der Waals surface area contributed by atoms with Gasteiger partial charge in [0.15, 0.2) is 0 Å². The van der Waals surface area contributed by atoms with E-state index in [2.05, 4.69) is 6.07 Å². The van der Waals surface area contributed by atoms with E-state index in [1.54, 1.807) is 0 Å². The summed E-state index contributed by atoms with van der Waals surface area (Å²) in [6.07, 6.45) is 5.64. The third kappa shape index (κ3) is 2.71. The van der Waals surface area contributed by atoms with E-state index >= 15 is 0 Å². The molecule has 0 fully saturated rings. The Kier molecular flexibility index (Phi) is 3.78. The smallest absolute Gasteiger partial charge is 0.307 e. The average Bonchev–Trinajstić information content (AvgIpc) is 2.53. The molecule has 0 radical (unpaired) electrons. The van der Waals surface area contributed by atoms with Crippen LogP contribution in [0.25, 0.3) is 0 Å². The van der Waals surface area contributed by atoms with Gasteiger partial charge >= 0.3 is 5.97 Å². The molecule has 4 nitrogen and oxygen atoms in total. The fourth-order valence-electron chi connectivity index (χ4n) is 3.28. The molecule has 1 aliphatic heterocycles. The molecule has 1 aromatic carbocycles. The number of fused-ring (bicyclic) bond motifs is 1. The van der Waals surface area contributed by atoms with E-state index in [1.165, 1.54) is 11.1 Å². The maximum absolute atomic E-state index is 12.7. The first-order valence-electron chi connectivity index (χ1n) is 7.40. The molecule has 110 valence electrons. The van der Waals surface area contributed by atoms with E-state index < -0.39 is 17.8 Å². The lowest BCUT2D eigenvalue weighted by Crippen LogP contribution is -2.43. The predicted octanol–water partition coefficient (Wildman–Crippen LogP) is 2.24. The van der Waals surface area contributed by atoms with Gasteiger partial charge in [-0.05, 0) is 30.4 Å². The molecule has 0 bridgehead atoms. The van der Waals surface area contributed by atoms with Crippen molar-refractivity contribution in [3.8, 4) is 0 Å². The molecule has 2 aliphatic rings. The van der Waals surface area contributed by atoms with E-state index in [0.29, 0.717) is 25.9 Å². The summed E-state index contributed by atoms with van der Waals surface area (Å²) < 4.78 is 0. The van der Waals surface area contributed by atoms with Gasteiger partial charge in [0.1, 0.15) is 0 Å². The summed E-state index contributed by atoms with van der Waals surface area (Å²) >= 11 is 0. The van der Waals surface area contributed by atoms with E-state index in [1.807, 2.05) is 35.3 Å². The lowest BCUT2D eigenvalue weighted by molar-refractivity contribution is -0.151. The lowest BCUT2D eigenvalue weighted by Gasteiger charge is -2.34. The van der Waals surface area contributed by atoms with Crippen molar-refractivity contribution in [1.82, 2.24) is 4.90 Å². The van der Waals surface area contributed by atoms with Crippen molar-refractivity contribution in [3.05, 3.63) is 47.5 Å². The number of hydrogen-bond donors (Lipinski definition) is 1.